The molecule has 1 aliphatic heterocycles. The van der Waals surface area contributed by atoms with E-state index in [-0.39, 0.29) is 22.4 Å². The van der Waals surface area contributed by atoms with Crippen LogP contribution in [0.5, 0.6) is 5.75 Å². The minimum absolute atomic E-state index is 0.0403. The number of phenolic OH excluding ortho intramolecular Hbond substituents is 1. The highest BCUT2D eigenvalue weighted by Crippen LogP contribution is 2.32. The molecule has 76 valence electrons. The molecule has 0 amide bonds. The van der Waals surface area contributed by atoms with E-state index in [1.807, 2.05) is 0 Å². The lowest BCUT2D eigenvalue weighted by Crippen LogP contribution is -2.24. The van der Waals surface area contributed by atoms with E-state index in [2.05, 4.69) is 0 Å². The summed E-state index contributed by atoms with van der Waals surface area (Å²) in [6, 6.07) is 4.06. The number of phenols is 1. The molecule has 1 aliphatic rings. The van der Waals surface area contributed by atoms with Crippen LogP contribution in [0.2, 0.25) is 0 Å². The zero-order chi connectivity index (χ0) is 10.3. The van der Waals surface area contributed by atoms with Gasteiger partial charge >= 0.3 is 0 Å². The van der Waals surface area contributed by atoms with Crippen molar-refractivity contribution >= 4 is 9.84 Å². The number of rotatable bonds is 0. The summed E-state index contributed by atoms with van der Waals surface area (Å²) in [6.07, 6.45) is 0.445. The van der Waals surface area contributed by atoms with Gasteiger partial charge in [0.05, 0.1) is 10.6 Å². The molecule has 1 atom stereocenters. The summed E-state index contributed by atoms with van der Waals surface area (Å²) in [4.78, 5) is 0.177. The monoisotopic (exact) mass is 213 g/mol. The molecule has 0 saturated heterocycles. The first-order valence-corrected chi connectivity index (χ1v) is 5.97. The second kappa shape index (κ2) is 2.96. The minimum Gasteiger partial charge on any atom is -0.508 e. The lowest BCUT2D eigenvalue weighted by Gasteiger charge is -2.21. The van der Waals surface area contributed by atoms with Crippen molar-refractivity contribution in [2.24, 2.45) is 5.73 Å². The highest BCUT2D eigenvalue weighted by Gasteiger charge is 2.28. The SMILES string of the molecule is N[C@H]1CCS(=O)(=O)c2cc(O)ccc21. The molecule has 0 radical (unpaired) electrons. The van der Waals surface area contributed by atoms with E-state index in [1.54, 1.807) is 6.07 Å². The zero-order valence-electron chi connectivity index (χ0n) is 7.47. The maximum Gasteiger partial charge on any atom is 0.178 e. The van der Waals surface area contributed by atoms with Crippen LogP contribution in [0.15, 0.2) is 23.1 Å². The Hall–Kier alpha value is -1.07. The fourth-order valence-corrected chi connectivity index (χ4v) is 3.31. The molecule has 1 heterocycles. The molecule has 4 nitrogen and oxygen atoms in total. The zero-order valence-corrected chi connectivity index (χ0v) is 8.29. The molecular formula is C9H11NO3S. The predicted octanol–water partition coefficient (Wildman–Crippen LogP) is 0.569. The van der Waals surface area contributed by atoms with E-state index >= 15 is 0 Å². The summed E-state index contributed by atoms with van der Waals surface area (Å²) < 4.78 is 23.2. The van der Waals surface area contributed by atoms with Gasteiger partial charge in [0.1, 0.15) is 5.75 Å². The lowest BCUT2D eigenvalue weighted by molar-refractivity contribution is 0.471. The number of aromatic hydroxyl groups is 1. The van der Waals surface area contributed by atoms with Crippen molar-refractivity contribution in [3.8, 4) is 5.75 Å². The van der Waals surface area contributed by atoms with Gasteiger partial charge in [-0.2, -0.15) is 0 Å². The third kappa shape index (κ3) is 1.38. The highest BCUT2D eigenvalue weighted by atomic mass is 32.2. The molecule has 0 saturated carbocycles. The second-order valence-corrected chi connectivity index (χ2v) is 5.51. The molecule has 0 aromatic heterocycles. The van der Waals surface area contributed by atoms with E-state index < -0.39 is 9.84 Å². The summed E-state index contributed by atoms with van der Waals surface area (Å²) in [5.41, 5.74) is 6.38. The fourth-order valence-electron chi connectivity index (χ4n) is 1.65. The van der Waals surface area contributed by atoms with Gasteiger partial charge in [0.15, 0.2) is 9.84 Å². The van der Waals surface area contributed by atoms with Gasteiger partial charge in [-0.1, -0.05) is 6.07 Å². The fraction of sp³-hybridized carbons (Fsp3) is 0.333. The Labute approximate surface area is 82.3 Å². The Balaban J connectivity index is 2.70. The molecule has 3 N–H and O–H groups in total. The summed E-state index contributed by atoms with van der Waals surface area (Å²) >= 11 is 0. The van der Waals surface area contributed by atoms with E-state index in [4.69, 9.17) is 5.73 Å². The Bertz CT molecular complexity index is 467. The molecule has 14 heavy (non-hydrogen) atoms. The van der Waals surface area contributed by atoms with Gasteiger partial charge in [-0.3, -0.25) is 0 Å². The maximum absolute atomic E-state index is 11.6. The molecule has 0 unspecified atom stereocenters. The van der Waals surface area contributed by atoms with Crippen LogP contribution in [0, 0.1) is 0 Å². The number of benzene rings is 1. The summed E-state index contributed by atoms with van der Waals surface area (Å²) in [5, 5.41) is 9.20. The molecule has 0 spiro atoms. The number of sulfone groups is 1. The smallest absolute Gasteiger partial charge is 0.178 e. The van der Waals surface area contributed by atoms with Crippen molar-refractivity contribution in [3.05, 3.63) is 23.8 Å². The number of hydrogen-bond donors (Lipinski definition) is 2. The van der Waals surface area contributed by atoms with Crippen LogP contribution in [0.3, 0.4) is 0 Å². The Morgan fingerprint density at radius 3 is 2.86 bits per heavy atom. The standard InChI is InChI=1S/C9H11NO3S/c10-8-3-4-14(12,13)9-5-6(11)1-2-7(8)9/h1-2,5,8,11H,3-4,10H2/t8-/m0/s1. The van der Waals surface area contributed by atoms with E-state index in [9.17, 15) is 13.5 Å². The number of nitrogens with two attached hydrogens (primary N) is 1. The van der Waals surface area contributed by atoms with Crippen molar-refractivity contribution in [1.29, 1.82) is 0 Å². The lowest BCUT2D eigenvalue weighted by atomic mass is 10.0. The maximum atomic E-state index is 11.6. The van der Waals surface area contributed by atoms with Gasteiger partial charge in [-0.05, 0) is 24.1 Å². The van der Waals surface area contributed by atoms with Crippen molar-refractivity contribution in [2.75, 3.05) is 5.75 Å². The number of fused-ring (bicyclic) bond motifs is 1. The highest BCUT2D eigenvalue weighted by molar-refractivity contribution is 7.91. The molecule has 0 bridgehead atoms. The van der Waals surface area contributed by atoms with Crippen molar-refractivity contribution in [2.45, 2.75) is 17.4 Å². The summed E-state index contributed by atoms with van der Waals surface area (Å²) in [7, 11) is -3.24. The molecule has 1 aromatic rings. The van der Waals surface area contributed by atoms with E-state index in [0.717, 1.165) is 0 Å². The van der Waals surface area contributed by atoms with Gasteiger partial charge in [-0.15, -0.1) is 0 Å². The first-order valence-electron chi connectivity index (χ1n) is 4.32. The van der Waals surface area contributed by atoms with Gasteiger partial charge in [0.25, 0.3) is 0 Å². The van der Waals surface area contributed by atoms with E-state index in [1.165, 1.54) is 12.1 Å². The van der Waals surface area contributed by atoms with Gasteiger partial charge in [-0.25, -0.2) is 8.42 Å². The van der Waals surface area contributed by atoms with Crippen LogP contribution in [-0.2, 0) is 9.84 Å². The molecule has 0 fully saturated rings. The minimum atomic E-state index is -3.24. The molecule has 2 rings (SSSR count). The molecule has 5 heteroatoms. The molecule has 0 aliphatic carbocycles. The van der Waals surface area contributed by atoms with Gasteiger partial charge in [0, 0.05) is 6.04 Å². The van der Waals surface area contributed by atoms with E-state index in [0.29, 0.717) is 12.0 Å². The largest absolute Gasteiger partial charge is 0.508 e. The first kappa shape index (κ1) is 9.48. The van der Waals surface area contributed by atoms with Crippen molar-refractivity contribution < 1.29 is 13.5 Å². The molecule has 1 aromatic carbocycles. The Morgan fingerprint density at radius 1 is 1.43 bits per heavy atom. The van der Waals surface area contributed by atoms with Gasteiger partial charge < -0.3 is 10.8 Å². The normalized spacial score (nSPS) is 24.2. The third-order valence-corrected chi connectivity index (χ3v) is 4.23. The van der Waals surface area contributed by atoms with Crippen LogP contribution in [0.4, 0.5) is 0 Å². The average molecular weight is 213 g/mol. The van der Waals surface area contributed by atoms with Crippen LogP contribution >= 0.6 is 0 Å². The summed E-state index contributed by atoms with van der Waals surface area (Å²) in [5.74, 6) is 0.0198. The third-order valence-electron chi connectivity index (χ3n) is 2.43. The van der Waals surface area contributed by atoms with Crippen LogP contribution < -0.4 is 5.73 Å². The van der Waals surface area contributed by atoms with Crippen LogP contribution in [0.25, 0.3) is 0 Å². The molecular weight excluding hydrogens is 202 g/mol. The van der Waals surface area contributed by atoms with Crippen molar-refractivity contribution in [3.63, 3.8) is 0 Å². The first-order chi connectivity index (χ1) is 6.50. The second-order valence-electron chi connectivity index (χ2n) is 3.44. The Kier molecular flexibility index (Phi) is 2.01. The number of hydrogen-bond acceptors (Lipinski definition) is 4. The van der Waals surface area contributed by atoms with Crippen molar-refractivity contribution in [1.82, 2.24) is 0 Å². The topological polar surface area (TPSA) is 80.4 Å². The van der Waals surface area contributed by atoms with Crippen LogP contribution in [0.1, 0.15) is 18.0 Å². The summed E-state index contributed by atoms with van der Waals surface area (Å²) in [6.45, 7) is 0. The van der Waals surface area contributed by atoms with Gasteiger partial charge in [0.2, 0.25) is 0 Å². The van der Waals surface area contributed by atoms with Crippen LogP contribution in [-0.4, -0.2) is 19.3 Å². The Morgan fingerprint density at radius 2 is 2.14 bits per heavy atom. The quantitative estimate of drug-likeness (QED) is 0.660. The predicted molar refractivity (Wildman–Crippen MR) is 51.7 cm³/mol. The average Bonchev–Trinajstić information content (AvgIpc) is 2.12.